The van der Waals surface area contributed by atoms with Crippen LogP contribution in [-0.4, -0.2) is 56.6 Å². The first-order valence-corrected chi connectivity index (χ1v) is 12.4. The molecule has 0 atom stereocenters. The van der Waals surface area contributed by atoms with Crippen LogP contribution in [0.5, 0.6) is 0 Å². The highest BCUT2D eigenvalue weighted by atomic mass is 16.2. The highest BCUT2D eigenvalue weighted by Gasteiger charge is 2.26. The second-order valence-corrected chi connectivity index (χ2v) is 9.36. The number of rotatable bonds is 4. The number of aromatic nitrogens is 4. The maximum Gasteiger partial charge on any atom is 0.321 e. The van der Waals surface area contributed by atoms with Gasteiger partial charge in [-0.2, -0.15) is 0 Å². The zero-order valence-electron chi connectivity index (χ0n) is 19.7. The first-order chi connectivity index (χ1) is 17.2. The van der Waals surface area contributed by atoms with Crippen molar-refractivity contribution >= 4 is 28.3 Å². The van der Waals surface area contributed by atoms with E-state index in [2.05, 4.69) is 55.5 Å². The number of nitrogens with one attached hydrogen (secondary N) is 1. The summed E-state index contributed by atoms with van der Waals surface area (Å²) in [6.07, 6.45) is 11.4. The average molecular weight is 468 g/mol. The third kappa shape index (κ3) is 4.43. The minimum Gasteiger partial charge on any atom is -0.372 e. The zero-order valence-corrected chi connectivity index (χ0v) is 19.7. The summed E-state index contributed by atoms with van der Waals surface area (Å²) in [5.74, 6) is 0.309. The number of anilines is 2. The molecule has 4 aromatic rings. The normalized spacial score (nSPS) is 16.7. The molecule has 8 nitrogen and oxygen atoms in total. The Labute approximate surface area is 204 Å². The van der Waals surface area contributed by atoms with Gasteiger partial charge in [-0.05, 0) is 68.1 Å². The van der Waals surface area contributed by atoms with Crippen LogP contribution in [0.3, 0.4) is 0 Å². The van der Waals surface area contributed by atoms with Gasteiger partial charge in [0.2, 0.25) is 0 Å². The van der Waals surface area contributed by atoms with E-state index in [-0.39, 0.29) is 6.03 Å². The number of carbonyl (C=O) groups is 1. The fourth-order valence-electron chi connectivity index (χ4n) is 5.25. The van der Waals surface area contributed by atoms with E-state index >= 15 is 0 Å². The number of urea groups is 1. The molecule has 2 aromatic carbocycles. The molecule has 4 heterocycles. The number of piperidine rings is 1. The van der Waals surface area contributed by atoms with Gasteiger partial charge in [-0.25, -0.2) is 19.7 Å². The first kappa shape index (κ1) is 21.6. The molecular formula is C27H29N7O. The first-order valence-electron chi connectivity index (χ1n) is 12.4. The van der Waals surface area contributed by atoms with Crippen LogP contribution >= 0.6 is 0 Å². The molecule has 2 saturated heterocycles. The van der Waals surface area contributed by atoms with Crippen molar-refractivity contribution in [1.29, 1.82) is 0 Å². The number of nitrogens with zero attached hydrogens (tertiary/aromatic N) is 6. The van der Waals surface area contributed by atoms with E-state index in [1.54, 1.807) is 18.9 Å². The standard InChI is InChI=1S/C27H29N7O/c35-27(31-21-3-5-22(6-4-21)32-12-1-2-13-32)33-14-9-20(10-15-33)26-24-8-7-23(34-16-11-28-19-34)17-25(24)29-18-30-26/h3-8,11,16-20H,1-2,9-10,12-15H2,(H,31,35). The van der Waals surface area contributed by atoms with Crippen LogP contribution in [0.2, 0.25) is 0 Å². The van der Waals surface area contributed by atoms with Crippen molar-refractivity contribution in [2.45, 2.75) is 31.6 Å². The number of imidazole rings is 1. The van der Waals surface area contributed by atoms with Gasteiger partial charge in [0.05, 0.1) is 17.5 Å². The lowest BCUT2D eigenvalue weighted by Gasteiger charge is -2.32. The van der Waals surface area contributed by atoms with E-state index in [0.717, 1.165) is 53.9 Å². The Morgan fingerprint density at radius 3 is 2.43 bits per heavy atom. The summed E-state index contributed by atoms with van der Waals surface area (Å²) in [4.78, 5) is 30.5. The summed E-state index contributed by atoms with van der Waals surface area (Å²) in [6, 6.07) is 14.4. The molecule has 35 heavy (non-hydrogen) atoms. The van der Waals surface area contributed by atoms with Crippen LogP contribution in [0.4, 0.5) is 16.2 Å². The van der Waals surface area contributed by atoms with Gasteiger partial charge in [-0.3, -0.25) is 0 Å². The molecule has 0 radical (unpaired) electrons. The minimum absolute atomic E-state index is 0.0325. The molecule has 2 aliphatic heterocycles. The molecular weight excluding hydrogens is 438 g/mol. The lowest BCUT2D eigenvalue weighted by Crippen LogP contribution is -2.40. The predicted octanol–water partition coefficient (Wildman–Crippen LogP) is 4.83. The summed E-state index contributed by atoms with van der Waals surface area (Å²) in [5.41, 5.74) is 5.11. The Bertz CT molecular complexity index is 1310. The molecule has 2 fully saturated rings. The van der Waals surface area contributed by atoms with Crippen LogP contribution in [0, 0.1) is 0 Å². The molecule has 2 aliphatic rings. The van der Waals surface area contributed by atoms with Crippen molar-refractivity contribution in [3.63, 3.8) is 0 Å². The van der Waals surface area contributed by atoms with E-state index in [1.165, 1.54) is 18.5 Å². The van der Waals surface area contributed by atoms with Gasteiger partial charge in [-0.15, -0.1) is 0 Å². The SMILES string of the molecule is O=C(Nc1ccc(N2CCCC2)cc1)N1CCC(c2ncnc3cc(-n4ccnc4)ccc23)CC1. The maximum atomic E-state index is 12.9. The number of benzene rings is 2. The quantitative estimate of drug-likeness (QED) is 0.465. The summed E-state index contributed by atoms with van der Waals surface area (Å²) in [6.45, 7) is 3.66. The lowest BCUT2D eigenvalue weighted by atomic mass is 9.91. The zero-order chi connectivity index (χ0) is 23.6. The van der Waals surface area contributed by atoms with Gasteiger partial charge in [-0.1, -0.05) is 0 Å². The van der Waals surface area contributed by atoms with Gasteiger partial charge in [0.15, 0.2) is 0 Å². The number of fused-ring (bicyclic) bond motifs is 1. The Morgan fingerprint density at radius 1 is 0.914 bits per heavy atom. The minimum atomic E-state index is -0.0325. The van der Waals surface area contributed by atoms with Crippen molar-refractivity contribution < 1.29 is 4.79 Å². The van der Waals surface area contributed by atoms with Gasteiger partial charge in [0.1, 0.15) is 6.33 Å². The van der Waals surface area contributed by atoms with Crippen molar-refractivity contribution in [3.8, 4) is 5.69 Å². The Kier molecular flexibility index (Phi) is 5.78. The Hall–Kier alpha value is -3.94. The molecule has 178 valence electrons. The molecule has 0 spiro atoms. The van der Waals surface area contributed by atoms with E-state index in [9.17, 15) is 4.79 Å². The highest BCUT2D eigenvalue weighted by Crippen LogP contribution is 2.32. The third-order valence-corrected chi connectivity index (χ3v) is 7.21. The van der Waals surface area contributed by atoms with Gasteiger partial charge >= 0.3 is 6.03 Å². The smallest absolute Gasteiger partial charge is 0.321 e. The third-order valence-electron chi connectivity index (χ3n) is 7.21. The Balaban J connectivity index is 1.10. The van der Waals surface area contributed by atoms with E-state index < -0.39 is 0 Å². The molecule has 8 heteroatoms. The number of hydrogen-bond donors (Lipinski definition) is 1. The fourth-order valence-corrected chi connectivity index (χ4v) is 5.25. The Morgan fingerprint density at radius 2 is 1.69 bits per heavy atom. The number of carbonyl (C=O) groups excluding carboxylic acids is 1. The average Bonchev–Trinajstić information content (AvgIpc) is 3.64. The van der Waals surface area contributed by atoms with E-state index in [1.807, 2.05) is 27.8 Å². The van der Waals surface area contributed by atoms with Crippen molar-refractivity contribution in [2.75, 3.05) is 36.4 Å². The lowest BCUT2D eigenvalue weighted by molar-refractivity contribution is 0.194. The van der Waals surface area contributed by atoms with Crippen LogP contribution in [0.1, 0.15) is 37.3 Å². The molecule has 0 saturated carbocycles. The topological polar surface area (TPSA) is 79.2 Å². The highest BCUT2D eigenvalue weighted by molar-refractivity contribution is 5.89. The van der Waals surface area contributed by atoms with Crippen molar-refractivity contribution in [3.05, 3.63) is 73.2 Å². The fraction of sp³-hybridized carbons (Fsp3) is 0.333. The van der Waals surface area contributed by atoms with Crippen LogP contribution in [-0.2, 0) is 0 Å². The molecule has 0 aliphatic carbocycles. The van der Waals surface area contributed by atoms with Crippen LogP contribution in [0.15, 0.2) is 67.5 Å². The number of amides is 2. The molecule has 0 unspecified atom stereocenters. The molecule has 0 bridgehead atoms. The molecule has 2 aromatic heterocycles. The van der Waals surface area contributed by atoms with Gasteiger partial charge in [0.25, 0.3) is 0 Å². The van der Waals surface area contributed by atoms with Crippen LogP contribution < -0.4 is 10.2 Å². The molecule has 2 amide bonds. The van der Waals surface area contributed by atoms with E-state index in [4.69, 9.17) is 0 Å². The molecule has 6 rings (SSSR count). The molecule has 1 N–H and O–H groups in total. The summed E-state index contributed by atoms with van der Waals surface area (Å²) < 4.78 is 1.97. The largest absolute Gasteiger partial charge is 0.372 e. The number of likely N-dealkylation sites (tertiary alicyclic amines) is 1. The van der Waals surface area contributed by atoms with E-state index in [0.29, 0.717) is 19.0 Å². The van der Waals surface area contributed by atoms with Crippen molar-refractivity contribution in [2.24, 2.45) is 0 Å². The number of hydrogen-bond acceptors (Lipinski definition) is 5. The second kappa shape index (κ2) is 9.37. The van der Waals surface area contributed by atoms with Crippen LogP contribution in [0.25, 0.3) is 16.6 Å². The van der Waals surface area contributed by atoms with Gasteiger partial charge < -0.3 is 19.7 Å². The summed E-state index contributed by atoms with van der Waals surface area (Å²) in [7, 11) is 0. The van der Waals surface area contributed by atoms with Gasteiger partial charge in [0, 0.05) is 66.9 Å². The summed E-state index contributed by atoms with van der Waals surface area (Å²) in [5, 5.41) is 4.15. The predicted molar refractivity (Wildman–Crippen MR) is 137 cm³/mol. The maximum absolute atomic E-state index is 12.9. The summed E-state index contributed by atoms with van der Waals surface area (Å²) >= 11 is 0. The second-order valence-electron chi connectivity index (χ2n) is 9.36. The monoisotopic (exact) mass is 467 g/mol. The van der Waals surface area contributed by atoms with Crippen molar-refractivity contribution in [1.82, 2.24) is 24.4 Å².